The fourth-order valence-corrected chi connectivity index (χ4v) is 2.18. The van der Waals surface area contributed by atoms with Crippen LogP contribution in [0.25, 0.3) is 0 Å². The van der Waals surface area contributed by atoms with Crippen molar-refractivity contribution >= 4 is 0 Å². The summed E-state index contributed by atoms with van der Waals surface area (Å²) >= 11 is 0. The van der Waals surface area contributed by atoms with Gasteiger partial charge in [-0.05, 0) is 32.4 Å². The fraction of sp³-hybridized carbons (Fsp3) is 1.00. The summed E-state index contributed by atoms with van der Waals surface area (Å²) in [7, 11) is 1.78. The SMILES string of the molecule is COCC(C)N1CCC(CNC(C)C)C1. The molecule has 1 saturated heterocycles. The Morgan fingerprint density at radius 3 is 2.73 bits per heavy atom. The highest BCUT2D eigenvalue weighted by Crippen LogP contribution is 2.18. The topological polar surface area (TPSA) is 24.5 Å². The van der Waals surface area contributed by atoms with Crippen LogP contribution in [-0.4, -0.2) is 50.3 Å². The highest BCUT2D eigenvalue weighted by Gasteiger charge is 2.25. The zero-order valence-corrected chi connectivity index (χ0v) is 10.6. The molecule has 2 atom stereocenters. The molecule has 90 valence electrons. The van der Waals surface area contributed by atoms with Gasteiger partial charge in [0.05, 0.1) is 6.61 Å². The highest BCUT2D eigenvalue weighted by molar-refractivity contribution is 4.80. The summed E-state index contributed by atoms with van der Waals surface area (Å²) in [4.78, 5) is 2.54. The first kappa shape index (κ1) is 12.9. The summed E-state index contributed by atoms with van der Waals surface area (Å²) in [6.07, 6.45) is 1.33. The van der Waals surface area contributed by atoms with Crippen LogP contribution in [0.5, 0.6) is 0 Å². The van der Waals surface area contributed by atoms with Crippen molar-refractivity contribution in [2.24, 2.45) is 5.92 Å². The van der Waals surface area contributed by atoms with Crippen LogP contribution in [0, 0.1) is 5.92 Å². The van der Waals surface area contributed by atoms with Gasteiger partial charge in [-0.15, -0.1) is 0 Å². The second-order valence-electron chi connectivity index (χ2n) is 5.02. The lowest BCUT2D eigenvalue weighted by Gasteiger charge is -2.23. The maximum absolute atomic E-state index is 5.19. The van der Waals surface area contributed by atoms with E-state index in [-0.39, 0.29) is 0 Å². The van der Waals surface area contributed by atoms with Crippen molar-refractivity contribution in [1.29, 1.82) is 0 Å². The molecule has 0 aromatic carbocycles. The van der Waals surface area contributed by atoms with Gasteiger partial charge in [0.25, 0.3) is 0 Å². The third kappa shape index (κ3) is 4.49. The maximum Gasteiger partial charge on any atom is 0.0615 e. The smallest absolute Gasteiger partial charge is 0.0615 e. The Morgan fingerprint density at radius 2 is 2.13 bits per heavy atom. The van der Waals surface area contributed by atoms with Crippen LogP contribution in [0.15, 0.2) is 0 Å². The lowest BCUT2D eigenvalue weighted by atomic mass is 10.1. The average Bonchev–Trinajstić information content (AvgIpc) is 2.63. The molecular weight excluding hydrogens is 188 g/mol. The van der Waals surface area contributed by atoms with Crippen LogP contribution >= 0.6 is 0 Å². The van der Waals surface area contributed by atoms with Gasteiger partial charge in [-0.25, -0.2) is 0 Å². The predicted molar refractivity (Wildman–Crippen MR) is 64.2 cm³/mol. The summed E-state index contributed by atoms with van der Waals surface area (Å²) in [5, 5.41) is 3.52. The lowest BCUT2D eigenvalue weighted by molar-refractivity contribution is 0.112. The standard InChI is InChI=1S/C12H26N2O/c1-10(2)13-7-12-5-6-14(8-12)11(3)9-15-4/h10-13H,5-9H2,1-4H3. The first-order chi connectivity index (χ1) is 7.13. The zero-order chi connectivity index (χ0) is 11.3. The van der Waals surface area contributed by atoms with Crippen molar-refractivity contribution in [3.05, 3.63) is 0 Å². The normalized spacial score (nSPS) is 25.0. The van der Waals surface area contributed by atoms with E-state index in [4.69, 9.17) is 4.74 Å². The van der Waals surface area contributed by atoms with E-state index in [9.17, 15) is 0 Å². The molecule has 3 heteroatoms. The lowest BCUT2D eigenvalue weighted by Crippen LogP contribution is -2.36. The van der Waals surface area contributed by atoms with E-state index in [1.54, 1.807) is 7.11 Å². The van der Waals surface area contributed by atoms with Crippen LogP contribution < -0.4 is 5.32 Å². The van der Waals surface area contributed by atoms with E-state index in [1.807, 2.05) is 0 Å². The van der Waals surface area contributed by atoms with Gasteiger partial charge in [-0.2, -0.15) is 0 Å². The first-order valence-electron chi connectivity index (χ1n) is 6.09. The van der Waals surface area contributed by atoms with Gasteiger partial charge in [0.1, 0.15) is 0 Å². The van der Waals surface area contributed by atoms with Crippen molar-refractivity contribution in [1.82, 2.24) is 10.2 Å². The minimum atomic E-state index is 0.569. The van der Waals surface area contributed by atoms with E-state index in [0.717, 1.165) is 19.1 Å². The Balaban J connectivity index is 2.20. The van der Waals surface area contributed by atoms with E-state index >= 15 is 0 Å². The Hall–Kier alpha value is -0.120. The van der Waals surface area contributed by atoms with Crippen molar-refractivity contribution in [2.75, 3.05) is 33.4 Å². The molecule has 0 bridgehead atoms. The van der Waals surface area contributed by atoms with Gasteiger partial charge >= 0.3 is 0 Å². The molecule has 1 heterocycles. The van der Waals surface area contributed by atoms with Gasteiger partial charge in [-0.3, -0.25) is 4.90 Å². The van der Waals surface area contributed by atoms with E-state index in [0.29, 0.717) is 12.1 Å². The number of hydrogen-bond acceptors (Lipinski definition) is 3. The number of nitrogens with one attached hydrogen (secondary N) is 1. The first-order valence-corrected chi connectivity index (χ1v) is 6.09. The summed E-state index contributed by atoms with van der Waals surface area (Å²) < 4.78 is 5.19. The zero-order valence-electron chi connectivity index (χ0n) is 10.6. The molecule has 1 aliphatic rings. The fourth-order valence-electron chi connectivity index (χ4n) is 2.18. The van der Waals surface area contributed by atoms with Crippen LogP contribution in [0.3, 0.4) is 0 Å². The van der Waals surface area contributed by atoms with Crippen LogP contribution in [0.2, 0.25) is 0 Å². The van der Waals surface area contributed by atoms with Crippen molar-refractivity contribution in [3.63, 3.8) is 0 Å². The van der Waals surface area contributed by atoms with Gasteiger partial charge in [-0.1, -0.05) is 13.8 Å². The predicted octanol–water partition coefficient (Wildman–Crippen LogP) is 1.34. The Bertz CT molecular complexity index is 173. The van der Waals surface area contributed by atoms with Gasteiger partial charge in [0.2, 0.25) is 0 Å². The third-order valence-electron chi connectivity index (χ3n) is 3.16. The molecule has 1 fully saturated rings. The van der Waals surface area contributed by atoms with E-state index < -0.39 is 0 Å². The molecule has 2 unspecified atom stereocenters. The van der Waals surface area contributed by atoms with E-state index in [1.165, 1.54) is 19.5 Å². The molecule has 0 aromatic heterocycles. The molecule has 0 radical (unpaired) electrons. The summed E-state index contributed by atoms with van der Waals surface area (Å²) in [5.74, 6) is 0.826. The van der Waals surface area contributed by atoms with Gasteiger partial charge < -0.3 is 10.1 Å². The van der Waals surface area contributed by atoms with Gasteiger partial charge in [0, 0.05) is 25.7 Å². The molecule has 3 nitrogen and oxygen atoms in total. The molecule has 0 aromatic rings. The molecule has 1 rings (SSSR count). The van der Waals surface area contributed by atoms with Crippen molar-refractivity contribution < 1.29 is 4.74 Å². The van der Waals surface area contributed by atoms with Crippen molar-refractivity contribution in [3.8, 4) is 0 Å². The van der Waals surface area contributed by atoms with Crippen LogP contribution in [0.1, 0.15) is 27.2 Å². The van der Waals surface area contributed by atoms with Crippen LogP contribution in [0.4, 0.5) is 0 Å². The number of nitrogens with zero attached hydrogens (tertiary/aromatic N) is 1. The Labute approximate surface area is 94.2 Å². The minimum absolute atomic E-state index is 0.569. The van der Waals surface area contributed by atoms with Gasteiger partial charge in [0.15, 0.2) is 0 Å². The number of hydrogen-bond donors (Lipinski definition) is 1. The largest absolute Gasteiger partial charge is 0.383 e. The summed E-state index contributed by atoms with van der Waals surface area (Å²) in [6, 6.07) is 1.18. The molecule has 0 saturated carbocycles. The molecule has 1 N–H and O–H groups in total. The molecule has 1 aliphatic heterocycles. The molecule has 15 heavy (non-hydrogen) atoms. The second kappa shape index (κ2) is 6.46. The Kier molecular flexibility index (Phi) is 5.58. The molecule has 0 spiro atoms. The molecular formula is C12H26N2O. The summed E-state index contributed by atoms with van der Waals surface area (Å²) in [6.45, 7) is 11.1. The average molecular weight is 214 g/mol. The second-order valence-corrected chi connectivity index (χ2v) is 5.02. The summed E-state index contributed by atoms with van der Waals surface area (Å²) in [5.41, 5.74) is 0. The third-order valence-corrected chi connectivity index (χ3v) is 3.16. The number of methoxy groups -OCH3 is 1. The maximum atomic E-state index is 5.19. The highest BCUT2D eigenvalue weighted by atomic mass is 16.5. The number of likely N-dealkylation sites (tertiary alicyclic amines) is 1. The monoisotopic (exact) mass is 214 g/mol. The molecule has 0 aliphatic carbocycles. The Morgan fingerprint density at radius 1 is 1.40 bits per heavy atom. The minimum Gasteiger partial charge on any atom is -0.383 e. The number of rotatable bonds is 6. The van der Waals surface area contributed by atoms with Crippen LogP contribution in [-0.2, 0) is 4.74 Å². The molecule has 0 amide bonds. The number of ether oxygens (including phenoxy) is 1. The van der Waals surface area contributed by atoms with Crippen molar-refractivity contribution in [2.45, 2.75) is 39.3 Å². The van der Waals surface area contributed by atoms with E-state index in [2.05, 4.69) is 31.0 Å². The quantitative estimate of drug-likeness (QED) is 0.722.